The van der Waals surface area contributed by atoms with Crippen molar-refractivity contribution in [2.75, 3.05) is 11.5 Å². The summed E-state index contributed by atoms with van der Waals surface area (Å²) in [5.41, 5.74) is -0.886. The maximum absolute atomic E-state index is 11.9. The molecule has 1 saturated heterocycles. The minimum absolute atomic E-state index is 0.0674. The molecule has 2 N–H and O–H groups in total. The van der Waals surface area contributed by atoms with Crippen molar-refractivity contribution in [1.82, 2.24) is 10.3 Å². The van der Waals surface area contributed by atoms with Crippen LogP contribution in [0.5, 0.6) is 5.75 Å². The van der Waals surface area contributed by atoms with Crippen LogP contribution in [-0.4, -0.2) is 41.5 Å². The number of sulfone groups is 1. The molecule has 1 aliphatic rings. The van der Waals surface area contributed by atoms with Gasteiger partial charge in [-0.15, -0.1) is 0 Å². The lowest BCUT2D eigenvalue weighted by Crippen LogP contribution is -2.47. The second kappa shape index (κ2) is 4.24. The predicted molar refractivity (Wildman–Crippen MR) is 65.0 cm³/mol. The van der Waals surface area contributed by atoms with Gasteiger partial charge in [-0.25, -0.2) is 13.4 Å². The summed E-state index contributed by atoms with van der Waals surface area (Å²) in [5, 5.41) is 12.1. The van der Waals surface area contributed by atoms with Crippen LogP contribution in [0.15, 0.2) is 18.3 Å². The third-order valence-electron chi connectivity index (χ3n) is 2.92. The van der Waals surface area contributed by atoms with Crippen LogP contribution in [0.1, 0.15) is 23.8 Å². The summed E-state index contributed by atoms with van der Waals surface area (Å²) in [5.74, 6) is -0.802. The van der Waals surface area contributed by atoms with Crippen molar-refractivity contribution in [2.45, 2.75) is 18.9 Å². The largest absolute Gasteiger partial charge is 0.505 e. The van der Waals surface area contributed by atoms with Crippen molar-refractivity contribution in [3.63, 3.8) is 0 Å². The van der Waals surface area contributed by atoms with Crippen molar-refractivity contribution < 1.29 is 18.3 Å². The van der Waals surface area contributed by atoms with Gasteiger partial charge in [-0.05, 0) is 25.5 Å². The fourth-order valence-electron chi connectivity index (χ4n) is 2.01. The lowest BCUT2D eigenvalue weighted by Gasteiger charge is -2.23. The summed E-state index contributed by atoms with van der Waals surface area (Å²) >= 11 is 0. The van der Waals surface area contributed by atoms with Crippen molar-refractivity contribution in [1.29, 1.82) is 0 Å². The van der Waals surface area contributed by atoms with Crippen LogP contribution in [-0.2, 0) is 9.84 Å². The normalized spacial score (nSPS) is 25.8. The lowest BCUT2D eigenvalue weighted by molar-refractivity contribution is 0.0907. The molecule has 0 saturated carbocycles. The number of pyridine rings is 1. The third-order valence-corrected chi connectivity index (χ3v) is 4.82. The second-order valence-electron chi connectivity index (χ2n) is 4.73. The van der Waals surface area contributed by atoms with Crippen LogP contribution in [0.3, 0.4) is 0 Å². The maximum atomic E-state index is 11.9. The number of rotatable bonds is 2. The summed E-state index contributed by atoms with van der Waals surface area (Å²) in [6.45, 7) is 1.68. The van der Waals surface area contributed by atoms with Gasteiger partial charge in [0.1, 0.15) is 5.75 Å². The summed E-state index contributed by atoms with van der Waals surface area (Å²) in [7, 11) is -3.09. The molecule has 0 radical (unpaired) electrons. The Morgan fingerprint density at radius 3 is 2.83 bits per heavy atom. The zero-order chi connectivity index (χ0) is 13.4. The molecular formula is C11H14N2O4S. The van der Waals surface area contributed by atoms with Crippen LogP contribution in [0.25, 0.3) is 0 Å². The summed E-state index contributed by atoms with van der Waals surface area (Å²) in [4.78, 5) is 15.7. The molecule has 1 aliphatic heterocycles. The molecule has 1 aromatic heterocycles. The van der Waals surface area contributed by atoms with Gasteiger partial charge in [0.05, 0.1) is 17.0 Å². The Labute approximate surface area is 105 Å². The molecule has 18 heavy (non-hydrogen) atoms. The number of carbonyl (C=O) groups excluding carboxylic acids is 1. The Balaban J connectivity index is 2.16. The number of nitrogens with one attached hydrogen (secondary N) is 1. The van der Waals surface area contributed by atoms with Crippen molar-refractivity contribution in [3.05, 3.63) is 24.0 Å². The van der Waals surface area contributed by atoms with E-state index in [0.717, 1.165) is 0 Å². The Bertz CT molecular complexity index is 584. The number of nitrogens with zero attached hydrogens (tertiary/aromatic N) is 1. The molecule has 1 fully saturated rings. The Morgan fingerprint density at radius 2 is 2.28 bits per heavy atom. The van der Waals surface area contributed by atoms with Crippen LogP contribution in [0.4, 0.5) is 0 Å². The van der Waals surface area contributed by atoms with Gasteiger partial charge in [-0.2, -0.15) is 0 Å². The van der Waals surface area contributed by atoms with Crippen molar-refractivity contribution in [3.8, 4) is 5.75 Å². The van der Waals surface area contributed by atoms with Gasteiger partial charge < -0.3 is 10.4 Å². The molecule has 0 bridgehead atoms. The van der Waals surface area contributed by atoms with E-state index in [1.165, 1.54) is 18.3 Å². The monoisotopic (exact) mass is 270 g/mol. The highest BCUT2D eigenvalue weighted by atomic mass is 32.2. The van der Waals surface area contributed by atoms with Crippen LogP contribution in [0.2, 0.25) is 0 Å². The molecule has 0 aliphatic carbocycles. The Kier molecular flexibility index (Phi) is 3.02. The van der Waals surface area contributed by atoms with Crippen LogP contribution >= 0.6 is 0 Å². The molecule has 1 unspecified atom stereocenters. The van der Waals surface area contributed by atoms with E-state index < -0.39 is 21.3 Å². The van der Waals surface area contributed by atoms with E-state index in [4.69, 9.17) is 0 Å². The van der Waals surface area contributed by atoms with Gasteiger partial charge in [0, 0.05) is 6.20 Å². The van der Waals surface area contributed by atoms with Gasteiger partial charge in [0.25, 0.3) is 5.91 Å². The molecule has 6 nitrogen and oxygen atoms in total. The minimum Gasteiger partial charge on any atom is -0.505 e. The van der Waals surface area contributed by atoms with Crippen molar-refractivity contribution >= 4 is 15.7 Å². The molecule has 0 aromatic carbocycles. The first-order valence-electron chi connectivity index (χ1n) is 5.48. The van der Waals surface area contributed by atoms with Gasteiger partial charge in [0.15, 0.2) is 15.5 Å². The first-order valence-corrected chi connectivity index (χ1v) is 7.30. The molecule has 1 atom stereocenters. The second-order valence-corrected chi connectivity index (χ2v) is 6.91. The van der Waals surface area contributed by atoms with E-state index >= 15 is 0 Å². The first-order chi connectivity index (χ1) is 8.31. The fraction of sp³-hybridized carbons (Fsp3) is 0.455. The average Bonchev–Trinajstić information content (AvgIpc) is 2.53. The molecule has 2 rings (SSSR count). The predicted octanol–water partition coefficient (Wildman–Crippen LogP) is 0.0942. The first kappa shape index (κ1) is 12.8. The molecule has 1 amide bonds. The zero-order valence-electron chi connectivity index (χ0n) is 9.88. The van der Waals surface area contributed by atoms with E-state index in [2.05, 4.69) is 10.3 Å². The molecule has 1 aromatic rings. The highest BCUT2D eigenvalue weighted by molar-refractivity contribution is 7.91. The Morgan fingerprint density at radius 1 is 1.56 bits per heavy atom. The van der Waals surface area contributed by atoms with Crippen molar-refractivity contribution in [2.24, 2.45) is 0 Å². The standard InChI is InChI=1S/C11H14N2O4S/c1-11(4-6-18(16,17)7-11)13-10(15)9-8(14)3-2-5-12-9/h2-3,5,14H,4,6-7H2,1H3,(H,13,15). The number of amides is 1. The van der Waals surface area contributed by atoms with Crippen LogP contribution in [0, 0.1) is 0 Å². The van der Waals surface area contributed by atoms with Gasteiger partial charge in [-0.1, -0.05) is 0 Å². The Hall–Kier alpha value is -1.63. The van der Waals surface area contributed by atoms with Gasteiger partial charge in [0.2, 0.25) is 0 Å². The van der Waals surface area contributed by atoms with Gasteiger partial charge in [-0.3, -0.25) is 4.79 Å². The number of hydrogen-bond donors (Lipinski definition) is 2. The fourth-order valence-corrected chi connectivity index (χ4v) is 4.11. The molecule has 2 heterocycles. The molecular weight excluding hydrogens is 256 g/mol. The van der Waals surface area contributed by atoms with E-state index in [-0.39, 0.29) is 22.9 Å². The molecule has 0 spiro atoms. The number of carbonyl (C=O) groups is 1. The SMILES string of the molecule is CC1(NC(=O)c2ncccc2O)CCS(=O)(=O)C1. The topological polar surface area (TPSA) is 96.4 Å². The van der Waals surface area contributed by atoms with E-state index in [0.29, 0.717) is 6.42 Å². The van der Waals surface area contributed by atoms with Crippen LogP contribution < -0.4 is 5.32 Å². The summed E-state index contributed by atoms with van der Waals surface area (Å²) < 4.78 is 22.8. The maximum Gasteiger partial charge on any atom is 0.274 e. The number of aromatic hydroxyl groups is 1. The minimum atomic E-state index is -3.09. The van der Waals surface area contributed by atoms with Gasteiger partial charge >= 0.3 is 0 Å². The highest BCUT2D eigenvalue weighted by Crippen LogP contribution is 2.24. The summed E-state index contributed by atoms with van der Waals surface area (Å²) in [6.07, 6.45) is 1.76. The molecule has 7 heteroatoms. The molecule has 98 valence electrons. The highest BCUT2D eigenvalue weighted by Gasteiger charge is 2.40. The van der Waals surface area contributed by atoms with E-state index in [1.807, 2.05) is 0 Å². The van der Waals surface area contributed by atoms with E-state index in [9.17, 15) is 18.3 Å². The number of hydrogen-bond acceptors (Lipinski definition) is 5. The average molecular weight is 270 g/mol. The smallest absolute Gasteiger partial charge is 0.274 e. The lowest BCUT2D eigenvalue weighted by atomic mass is 10.0. The summed E-state index contributed by atoms with van der Waals surface area (Å²) in [6, 6.07) is 2.86. The number of aromatic nitrogens is 1. The third kappa shape index (κ3) is 2.61. The van der Waals surface area contributed by atoms with E-state index in [1.54, 1.807) is 6.92 Å². The zero-order valence-corrected chi connectivity index (χ0v) is 10.7. The quantitative estimate of drug-likeness (QED) is 0.794.